The number of allylic oxidation sites excluding steroid dienone is 1. The molecule has 0 fully saturated rings. The van der Waals surface area contributed by atoms with Crippen LogP contribution in [0, 0.1) is 11.3 Å². The van der Waals surface area contributed by atoms with E-state index in [1.54, 1.807) is 49.8 Å². The van der Waals surface area contributed by atoms with Gasteiger partial charge in [0.05, 0.1) is 13.3 Å². The molecule has 0 amide bonds. The highest BCUT2D eigenvalue weighted by molar-refractivity contribution is 5.74. The summed E-state index contributed by atoms with van der Waals surface area (Å²) in [5.41, 5.74) is 0.940. The highest BCUT2D eigenvalue weighted by Gasteiger charge is 2.08. The summed E-state index contributed by atoms with van der Waals surface area (Å²) >= 11 is 0. The minimum absolute atomic E-state index is 0.207. The second-order valence-corrected chi connectivity index (χ2v) is 4.71. The van der Waals surface area contributed by atoms with Crippen LogP contribution in [0.3, 0.4) is 0 Å². The third-order valence-corrected chi connectivity index (χ3v) is 3.12. The molecule has 9 heteroatoms. The summed E-state index contributed by atoms with van der Waals surface area (Å²) in [6, 6.07) is 10.9. The Bertz CT molecular complexity index is 902. The molecule has 0 unspecified atom stereocenters. The number of nitrogens with one attached hydrogen (secondary N) is 2. The zero-order chi connectivity index (χ0) is 17.5. The number of hydrogen-bond donors (Lipinski definition) is 2. The fourth-order valence-electron chi connectivity index (χ4n) is 1.95. The van der Waals surface area contributed by atoms with E-state index in [-0.39, 0.29) is 11.4 Å². The van der Waals surface area contributed by atoms with Gasteiger partial charge in [-0.15, -0.1) is 10.2 Å². The van der Waals surface area contributed by atoms with E-state index in [1.807, 2.05) is 6.07 Å². The number of nitrogens with zero attached hydrogens (tertiary/aromatic N) is 5. The summed E-state index contributed by atoms with van der Waals surface area (Å²) < 4.78 is 11.1. The van der Waals surface area contributed by atoms with E-state index in [9.17, 15) is 0 Å². The van der Waals surface area contributed by atoms with Gasteiger partial charge in [-0.2, -0.15) is 10.5 Å². The topological polar surface area (TPSA) is 122 Å². The van der Waals surface area contributed by atoms with Crippen molar-refractivity contribution in [2.45, 2.75) is 0 Å². The number of H-pyrrole nitrogens is 1. The third-order valence-electron chi connectivity index (χ3n) is 3.12. The largest absolute Gasteiger partial charge is 0.493 e. The zero-order valence-electron chi connectivity index (χ0n) is 13.2. The minimum atomic E-state index is 0.207. The van der Waals surface area contributed by atoms with Crippen LogP contribution in [0.15, 0.2) is 48.9 Å². The number of pyridine rings is 1. The number of tetrazole rings is 1. The minimum Gasteiger partial charge on any atom is -0.493 e. The van der Waals surface area contributed by atoms with Gasteiger partial charge in [0.1, 0.15) is 17.4 Å². The molecule has 3 rings (SSSR count). The molecule has 124 valence electrons. The molecule has 0 aliphatic rings. The zero-order valence-corrected chi connectivity index (χ0v) is 13.2. The molecule has 9 nitrogen and oxygen atoms in total. The molecular weight excluding hydrogens is 322 g/mol. The molecule has 3 aromatic rings. The van der Waals surface area contributed by atoms with Crippen molar-refractivity contribution in [2.24, 2.45) is 0 Å². The van der Waals surface area contributed by atoms with E-state index in [4.69, 9.17) is 14.7 Å². The lowest BCUT2D eigenvalue weighted by atomic mass is 10.2. The summed E-state index contributed by atoms with van der Waals surface area (Å²) in [5.74, 6) is 1.88. The average molecular weight is 335 g/mol. The first-order valence-electron chi connectivity index (χ1n) is 7.16. The molecule has 0 atom stereocenters. The van der Waals surface area contributed by atoms with Crippen LogP contribution in [0.2, 0.25) is 0 Å². The maximum absolute atomic E-state index is 9.15. The van der Waals surface area contributed by atoms with Crippen molar-refractivity contribution in [2.75, 3.05) is 12.4 Å². The highest BCUT2D eigenvalue weighted by atomic mass is 16.5. The van der Waals surface area contributed by atoms with Gasteiger partial charge in [-0.05, 0) is 29.5 Å². The van der Waals surface area contributed by atoms with Gasteiger partial charge in [-0.3, -0.25) is 4.98 Å². The van der Waals surface area contributed by atoms with Gasteiger partial charge >= 0.3 is 0 Å². The first kappa shape index (κ1) is 15.9. The van der Waals surface area contributed by atoms with Gasteiger partial charge in [0.2, 0.25) is 5.82 Å². The van der Waals surface area contributed by atoms with Gasteiger partial charge in [-0.1, -0.05) is 0 Å². The van der Waals surface area contributed by atoms with Crippen LogP contribution in [0.5, 0.6) is 17.2 Å². The number of hydrogen-bond acceptors (Lipinski definition) is 8. The van der Waals surface area contributed by atoms with Gasteiger partial charge in [0.15, 0.2) is 11.5 Å². The van der Waals surface area contributed by atoms with E-state index in [0.717, 1.165) is 0 Å². The van der Waals surface area contributed by atoms with Crippen molar-refractivity contribution < 1.29 is 9.47 Å². The van der Waals surface area contributed by atoms with Gasteiger partial charge in [0.25, 0.3) is 0 Å². The quantitative estimate of drug-likeness (QED) is 0.658. The smallest absolute Gasteiger partial charge is 0.216 e. The molecule has 0 aliphatic carbocycles. The van der Waals surface area contributed by atoms with E-state index in [0.29, 0.717) is 22.9 Å². The molecule has 0 radical (unpaired) electrons. The number of methoxy groups -OCH3 is 1. The van der Waals surface area contributed by atoms with Crippen LogP contribution < -0.4 is 14.8 Å². The first-order valence-corrected chi connectivity index (χ1v) is 7.16. The summed E-state index contributed by atoms with van der Waals surface area (Å²) in [7, 11) is 1.55. The Morgan fingerprint density at radius 3 is 2.92 bits per heavy atom. The number of benzene rings is 1. The number of aromatic nitrogens is 5. The lowest BCUT2D eigenvalue weighted by molar-refractivity contribution is 0.378. The number of rotatable bonds is 6. The molecule has 2 aromatic heterocycles. The molecule has 25 heavy (non-hydrogen) atoms. The van der Waals surface area contributed by atoms with Crippen molar-refractivity contribution in [3.63, 3.8) is 0 Å². The predicted octanol–water partition coefficient (Wildman–Crippen LogP) is 2.37. The number of aromatic amines is 1. The lowest BCUT2D eigenvalue weighted by Gasteiger charge is -2.11. The van der Waals surface area contributed by atoms with Crippen molar-refractivity contribution in [3.05, 3.63) is 54.7 Å². The van der Waals surface area contributed by atoms with E-state index >= 15 is 0 Å². The summed E-state index contributed by atoms with van der Waals surface area (Å²) in [5, 5.41) is 25.4. The van der Waals surface area contributed by atoms with Gasteiger partial charge in [0, 0.05) is 24.2 Å². The molecule has 2 N–H and O–H groups in total. The Labute approximate surface area is 142 Å². The maximum Gasteiger partial charge on any atom is 0.216 e. The second kappa shape index (κ2) is 7.56. The SMILES string of the molecule is COc1cc(NC=C(C#N)c2nn[nH]n2)ccc1Oc1cccnc1. The molecule has 0 aliphatic heterocycles. The van der Waals surface area contributed by atoms with Crippen molar-refractivity contribution in [3.8, 4) is 23.3 Å². The van der Waals surface area contributed by atoms with Crippen LogP contribution in [0.4, 0.5) is 5.69 Å². The lowest BCUT2D eigenvalue weighted by Crippen LogP contribution is -1.95. The summed E-state index contributed by atoms with van der Waals surface area (Å²) in [6.45, 7) is 0. The highest BCUT2D eigenvalue weighted by Crippen LogP contribution is 2.33. The number of anilines is 1. The Kier molecular flexibility index (Phi) is 4.82. The van der Waals surface area contributed by atoms with Crippen LogP contribution in [0.1, 0.15) is 5.82 Å². The fraction of sp³-hybridized carbons (Fsp3) is 0.0625. The number of nitriles is 1. The standard InChI is InChI=1S/C16H13N7O2/c1-24-15-7-12(19-9-11(8-17)16-20-22-23-21-16)4-5-14(15)25-13-3-2-6-18-10-13/h2-7,9-10,19H,1H3,(H,20,21,22,23). The van der Waals surface area contributed by atoms with Crippen LogP contribution in [0.25, 0.3) is 5.57 Å². The third kappa shape index (κ3) is 3.89. The second-order valence-electron chi connectivity index (χ2n) is 4.71. The Balaban J connectivity index is 1.78. The van der Waals surface area contributed by atoms with Crippen LogP contribution >= 0.6 is 0 Å². The molecule has 2 heterocycles. The van der Waals surface area contributed by atoms with Crippen molar-refractivity contribution in [1.82, 2.24) is 25.6 Å². The van der Waals surface area contributed by atoms with E-state index in [2.05, 4.69) is 30.9 Å². The van der Waals surface area contributed by atoms with E-state index < -0.39 is 0 Å². The normalized spacial score (nSPS) is 10.8. The molecule has 1 aromatic carbocycles. The summed E-state index contributed by atoms with van der Waals surface area (Å²) in [4.78, 5) is 4.00. The molecule has 0 spiro atoms. The number of ether oxygens (including phenoxy) is 2. The summed E-state index contributed by atoms with van der Waals surface area (Å²) in [6.07, 6.45) is 4.76. The van der Waals surface area contributed by atoms with Gasteiger partial charge in [-0.25, -0.2) is 0 Å². The monoisotopic (exact) mass is 335 g/mol. The fourth-order valence-corrected chi connectivity index (χ4v) is 1.95. The Morgan fingerprint density at radius 1 is 1.32 bits per heavy atom. The van der Waals surface area contributed by atoms with Crippen LogP contribution in [-0.4, -0.2) is 32.7 Å². The predicted molar refractivity (Wildman–Crippen MR) is 88.7 cm³/mol. The van der Waals surface area contributed by atoms with Crippen LogP contribution in [-0.2, 0) is 0 Å². The van der Waals surface area contributed by atoms with Crippen molar-refractivity contribution in [1.29, 1.82) is 5.26 Å². The average Bonchev–Trinajstić information content (AvgIpc) is 3.18. The molecule has 0 saturated heterocycles. The van der Waals surface area contributed by atoms with Gasteiger partial charge < -0.3 is 14.8 Å². The van der Waals surface area contributed by atoms with Crippen molar-refractivity contribution >= 4 is 11.3 Å². The molecule has 0 bridgehead atoms. The molecule has 0 saturated carbocycles. The Morgan fingerprint density at radius 2 is 2.24 bits per heavy atom. The first-order chi connectivity index (χ1) is 12.3. The molecular formula is C16H13N7O2. The Hall–Kier alpha value is -3.93. The maximum atomic E-state index is 9.15. The van der Waals surface area contributed by atoms with E-state index in [1.165, 1.54) is 6.20 Å².